The minimum absolute atomic E-state index is 0.104. The normalized spacial score (nSPS) is 19.8. The highest BCUT2D eigenvalue weighted by Crippen LogP contribution is 2.37. The quantitative estimate of drug-likeness (QED) is 0.860. The molecule has 1 aliphatic heterocycles. The molecule has 2 aromatic rings. The van der Waals surface area contributed by atoms with E-state index in [2.05, 4.69) is 0 Å². The zero-order valence-electron chi connectivity index (χ0n) is 11.4. The van der Waals surface area contributed by atoms with Gasteiger partial charge >= 0.3 is 0 Å². The number of benzene rings is 2. The summed E-state index contributed by atoms with van der Waals surface area (Å²) in [7, 11) is -3.57. The Balaban J connectivity index is 2.01. The fourth-order valence-corrected chi connectivity index (χ4v) is 4.99. The summed E-state index contributed by atoms with van der Waals surface area (Å²) in [5, 5.41) is 0.274. The van der Waals surface area contributed by atoms with Crippen LogP contribution < -0.4 is 0 Å². The molecule has 0 aromatic heterocycles. The molecule has 0 radical (unpaired) electrons. The van der Waals surface area contributed by atoms with Crippen LogP contribution in [-0.4, -0.2) is 19.3 Å². The molecule has 0 saturated carbocycles. The molecule has 21 heavy (non-hydrogen) atoms. The van der Waals surface area contributed by atoms with E-state index in [1.807, 2.05) is 30.3 Å². The fourth-order valence-electron chi connectivity index (χ4n) is 2.82. The van der Waals surface area contributed by atoms with Crippen molar-refractivity contribution in [3.05, 3.63) is 65.2 Å². The third-order valence-electron chi connectivity index (χ3n) is 3.81. The Morgan fingerprint density at radius 3 is 2.38 bits per heavy atom. The molecule has 1 saturated heterocycles. The highest BCUT2D eigenvalue weighted by Gasteiger charge is 2.36. The Morgan fingerprint density at radius 1 is 1.00 bits per heavy atom. The third kappa shape index (κ3) is 2.71. The van der Waals surface area contributed by atoms with E-state index in [0.717, 1.165) is 18.4 Å². The number of hydrogen-bond donors (Lipinski definition) is 0. The van der Waals surface area contributed by atoms with E-state index in [0.29, 0.717) is 6.54 Å². The van der Waals surface area contributed by atoms with Gasteiger partial charge in [-0.2, -0.15) is 4.31 Å². The van der Waals surface area contributed by atoms with E-state index < -0.39 is 10.0 Å². The van der Waals surface area contributed by atoms with Gasteiger partial charge in [0.15, 0.2) is 0 Å². The molecule has 0 aliphatic carbocycles. The maximum atomic E-state index is 12.9. The molecule has 3 nitrogen and oxygen atoms in total. The van der Waals surface area contributed by atoms with E-state index in [1.54, 1.807) is 28.6 Å². The first-order valence-electron chi connectivity index (χ1n) is 6.92. The summed E-state index contributed by atoms with van der Waals surface area (Å²) in [4.78, 5) is 0.189. The number of hydrogen-bond acceptors (Lipinski definition) is 2. The molecule has 1 aliphatic rings. The van der Waals surface area contributed by atoms with Gasteiger partial charge in [-0.3, -0.25) is 0 Å². The fraction of sp³-hybridized carbons (Fsp3) is 0.250. The number of sulfonamides is 1. The van der Waals surface area contributed by atoms with Crippen molar-refractivity contribution in [1.29, 1.82) is 0 Å². The minimum Gasteiger partial charge on any atom is -0.207 e. The second-order valence-electron chi connectivity index (χ2n) is 5.11. The average Bonchev–Trinajstić information content (AvgIpc) is 2.99. The molecular formula is C16H16ClNO2S. The standard InChI is InChI=1S/C16H16ClNO2S/c17-14-9-4-5-11-16(14)21(19,20)18-12-6-10-15(18)13-7-2-1-3-8-13/h1-5,7-9,11,15H,6,10,12H2. The van der Waals surface area contributed by atoms with Gasteiger partial charge in [-0.15, -0.1) is 0 Å². The van der Waals surface area contributed by atoms with Crippen molar-refractivity contribution in [3.8, 4) is 0 Å². The summed E-state index contributed by atoms with van der Waals surface area (Å²) in [6.07, 6.45) is 1.71. The van der Waals surface area contributed by atoms with Crippen molar-refractivity contribution in [1.82, 2.24) is 4.31 Å². The van der Waals surface area contributed by atoms with Crippen molar-refractivity contribution < 1.29 is 8.42 Å². The van der Waals surface area contributed by atoms with Crippen molar-refractivity contribution >= 4 is 21.6 Å². The molecule has 0 spiro atoms. The van der Waals surface area contributed by atoms with E-state index >= 15 is 0 Å². The maximum Gasteiger partial charge on any atom is 0.245 e. The Hall–Kier alpha value is -1.36. The van der Waals surface area contributed by atoms with Crippen molar-refractivity contribution in [2.24, 2.45) is 0 Å². The number of halogens is 1. The van der Waals surface area contributed by atoms with E-state index in [-0.39, 0.29) is 16.0 Å². The van der Waals surface area contributed by atoms with Crippen LogP contribution in [-0.2, 0) is 10.0 Å². The number of rotatable bonds is 3. The second kappa shape index (κ2) is 5.79. The third-order valence-corrected chi connectivity index (χ3v) is 6.22. The Kier molecular flexibility index (Phi) is 4.02. The van der Waals surface area contributed by atoms with Gasteiger partial charge in [0.2, 0.25) is 10.0 Å². The van der Waals surface area contributed by atoms with Gasteiger partial charge in [-0.25, -0.2) is 8.42 Å². The van der Waals surface area contributed by atoms with Gasteiger partial charge in [0, 0.05) is 6.54 Å². The number of nitrogens with zero attached hydrogens (tertiary/aromatic N) is 1. The first-order chi connectivity index (χ1) is 10.1. The van der Waals surface area contributed by atoms with Crippen LogP contribution in [0.4, 0.5) is 0 Å². The van der Waals surface area contributed by atoms with Crippen molar-refractivity contribution in [3.63, 3.8) is 0 Å². The summed E-state index contributed by atoms with van der Waals surface area (Å²) in [6, 6.07) is 16.3. The maximum absolute atomic E-state index is 12.9. The van der Waals surface area contributed by atoms with Crippen molar-refractivity contribution in [2.45, 2.75) is 23.8 Å². The SMILES string of the molecule is O=S(=O)(c1ccccc1Cl)N1CCCC1c1ccccc1. The lowest BCUT2D eigenvalue weighted by atomic mass is 10.1. The minimum atomic E-state index is -3.57. The van der Waals surface area contributed by atoms with Crippen LogP contribution in [0.25, 0.3) is 0 Å². The molecule has 2 aromatic carbocycles. The zero-order valence-corrected chi connectivity index (χ0v) is 13.0. The molecular weight excluding hydrogens is 306 g/mol. The van der Waals surface area contributed by atoms with Crippen LogP contribution >= 0.6 is 11.6 Å². The highest BCUT2D eigenvalue weighted by molar-refractivity contribution is 7.89. The highest BCUT2D eigenvalue weighted by atomic mass is 35.5. The predicted octanol–water partition coefficient (Wildman–Crippen LogP) is 3.87. The van der Waals surface area contributed by atoms with Gasteiger partial charge < -0.3 is 0 Å². The van der Waals surface area contributed by atoms with Crippen LogP contribution in [0.2, 0.25) is 5.02 Å². The van der Waals surface area contributed by atoms with E-state index in [4.69, 9.17) is 11.6 Å². The topological polar surface area (TPSA) is 37.4 Å². The monoisotopic (exact) mass is 321 g/mol. The van der Waals surface area contributed by atoms with Crippen LogP contribution in [0.5, 0.6) is 0 Å². The van der Waals surface area contributed by atoms with E-state index in [9.17, 15) is 8.42 Å². The Morgan fingerprint density at radius 2 is 1.67 bits per heavy atom. The van der Waals surface area contributed by atoms with Crippen LogP contribution in [0.1, 0.15) is 24.4 Å². The Labute approximate surface area is 130 Å². The van der Waals surface area contributed by atoms with Gasteiger partial charge in [-0.05, 0) is 30.5 Å². The molecule has 3 rings (SSSR count). The second-order valence-corrected chi connectivity index (χ2v) is 7.38. The molecule has 1 heterocycles. The molecule has 1 fully saturated rings. The lowest BCUT2D eigenvalue weighted by molar-refractivity contribution is 0.397. The van der Waals surface area contributed by atoms with Gasteiger partial charge in [-0.1, -0.05) is 54.1 Å². The summed E-state index contributed by atoms with van der Waals surface area (Å²) in [5.41, 5.74) is 1.03. The molecule has 0 amide bonds. The lowest BCUT2D eigenvalue weighted by Crippen LogP contribution is -2.30. The lowest BCUT2D eigenvalue weighted by Gasteiger charge is -2.24. The summed E-state index contributed by atoms with van der Waals surface area (Å²) in [5.74, 6) is 0. The summed E-state index contributed by atoms with van der Waals surface area (Å²) in [6.45, 7) is 0.535. The van der Waals surface area contributed by atoms with Crippen molar-refractivity contribution in [2.75, 3.05) is 6.54 Å². The molecule has 110 valence electrons. The summed E-state index contributed by atoms with van der Waals surface area (Å²) >= 11 is 6.08. The molecule has 1 unspecified atom stereocenters. The molecule has 1 atom stereocenters. The van der Waals surface area contributed by atoms with Crippen LogP contribution in [0.3, 0.4) is 0 Å². The molecule has 5 heteroatoms. The smallest absolute Gasteiger partial charge is 0.207 e. The largest absolute Gasteiger partial charge is 0.245 e. The van der Waals surface area contributed by atoms with E-state index in [1.165, 1.54) is 0 Å². The molecule has 0 bridgehead atoms. The summed E-state index contributed by atoms with van der Waals surface area (Å²) < 4.78 is 27.3. The van der Waals surface area contributed by atoms with Gasteiger partial charge in [0.05, 0.1) is 11.1 Å². The zero-order chi connectivity index (χ0) is 14.9. The van der Waals surface area contributed by atoms with Gasteiger partial charge in [0.25, 0.3) is 0 Å². The first-order valence-corrected chi connectivity index (χ1v) is 8.74. The average molecular weight is 322 g/mol. The first kappa shape index (κ1) is 14.6. The van der Waals surface area contributed by atoms with Crippen LogP contribution in [0.15, 0.2) is 59.5 Å². The van der Waals surface area contributed by atoms with Gasteiger partial charge in [0.1, 0.15) is 4.90 Å². The predicted molar refractivity (Wildman–Crippen MR) is 83.8 cm³/mol. The van der Waals surface area contributed by atoms with Crippen LogP contribution in [0, 0.1) is 0 Å². The Bertz CT molecular complexity index is 731. The molecule has 0 N–H and O–H groups in total.